The van der Waals surface area contributed by atoms with Crippen LogP contribution in [0.1, 0.15) is 13.8 Å². The lowest BCUT2D eigenvalue weighted by molar-refractivity contribution is 0.171. The van der Waals surface area contributed by atoms with Gasteiger partial charge in [0.05, 0.1) is 17.5 Å². The summed E-state index contributed by atoms with van der Waals surface area (Å²) in [5, 5.41) is 3.32. The van der Waals surface area contributed by atoms with Crippen LogP contribution >= 0.6 is 0 Å². The van der Waals surface area contributed by atoms with Gasteiger partial charge in [0.15, 0.2) is 0 Å². The van der Waals surface area contributed by atoms with E-state index >= 15 is 0 Å². The minimum atomic E-state index is -3.41. The van der Waals surface area contributed by atoms with Crippen molar-refractivity contribution >= 4 is 15.7 Å². The Morgan fingerprint density at radius 2 is 1.95 bits per heavy atom. The average Bonchev–Trinajstić information content (AvgIpc) is 2.38. The van der Waals surface area contributed by atoms with Gasteiger partial charge in [-0.3, -0.25) is 0 Å². The van der Waals surface area contributed by atoms with Gasteiger partial charge in [0.25, 0.3) is 0 Å². The van der Waals surface area contributed by atoms with Crippen LogP contribution < -0.4 is 5.32 Å². The van der Waals surface area contributed by atoms with Crippen molar-refractivity contribution in [1.82, 2.24) is 4.31 Å². The van der Waals surface area contributed by atoms with Crippen molar-refractivity contribution in [3.8, 4) is 0 Å². The molecule has 0 amide bonds. The second kappa shape index (κ2) is 7.06. The Balaban J connectivity index is 2.99. The summed E-state index contributed by atoms with van der Waals surface area (Å²) in [6.07, 6.45) is 0. The second-order valence-corrected chi connectivity index (χ2v) is 7.42. The number of sulfonamides is 1. The predicted molar refractivity (Wildman–Crippen MR) is 81.4 cm³/mol. The quantitative estimate of drug-likeness (QED) is 0.837. The lowest BCUT2D eigenvalue weighted by Gasteiger charge is -2.23. The molecule has 1 atom stereocenters. The molecule has 0 aliphatic carbocycles. The summed E-state index contributed by atoms with van der Waals surface area (Å²) in [6, 6.07) is 6.99. The van der Waals surface area contributed by atoms with E-state index in [4.69, 9.17) is 4.74 Å². The van der Waals surface area contributed by atoms with Crippen molar-refractivity contribution < 1.29 is 13.2 Å². The molecule has 0 saturated carbocycles. The Morgan fingerprint density at radius 3 is 2.45 bits per heavy atom. The molecular formula is C14H24N2O3S. The maximum Gasteiger partial charge on any atom is 0.242 e. The minimum absolute atomic E-state index is 0.136. The fourth-order valence-electron chi connectivity index (χ4n) is 1.75. The highest BCUT2D eigenvalue weighted by Gasteiger charge is 2.18. The fourth-order valence-corrected chi connectivity index (χ4v) is 2.70. The zero-order valence-corrected chi connectivity index (χ0v) is 13.6. The van der Waals surface area contributed by atoms with Crippen molar-refractivity contribution in [2.75, 3.05) is 33.1 Å². The van der Waals surface area contributed by atoms with Crippen molar-refractivity contribution in [2.24, 2.45) is 5.92 Å². The molecule has 0 fully saturated rings. The molecule has 1 N–H and O–H groups in total. The molecule has 0 aliphatic rings. The van der Waals surface area contributed by atoms with Gasteiger partial charge in [-0.2, -0.15) is 0 Å². The van der Waals surface area contributed by atoms with Crippen LogP contribution in [0.15, 0.2) is 29.2 Å². The van der Waals surface area contributed by atoms with Gasteiger partial charge in [-0.15, -0.1) is 0 Å². The SMILES string of the molecule is COCC(Nc1cccc(S(=O)(=O)N(C)C)c1)C(C)C. The molecule has 0 aromatic heterocycles. The first kappa shape index (κ1) is 16.9. The Morgan fingerprint density at radius 1 is 1.30 bits per heavy atom. The standard InChI is InChI=1S/C14H24N2O3S/c1-11(2)14(10-19-5)15-12-7-6-8-13(9-12)20(17,18)16(3)4/h6-9,11,14-15H,10H2,1-5H3. The largest absolute Gasteiger partial charge is 0.383 e. The van der Waals surface area contributed by atoms with Gasteiger partial charge in [-0.25, -0.2) is 12.7 Å². The maximum atomic E-state index is 12.1. The normalized spacial score (nSPS) is 13.8. The summed E-state index contributed by atoms with van der Waals surface area (Å²) >= 11 is 0. The average molecular weight is 300 g/mol. The van der Waals surface area contributed by atoms with Crippen LogP contribution in [0.3, 0.4) is 0 Å². The molecule has 0 saturated heterocycles. The molecule has 0 aliphatic heterocycles. The molecular weight excluding hydrogens is 276 g/mol. The van der Waals surface area contributed by atoms with Gasteiger partial charge in [-0.1, -0.05) is 19.9 Å². The fraction of sp³-hybridized carbons (Fsp3) is 0.571. The summed E-state index contributed by atoms with van der Waals surface area (Å²) in [7, 11) is 1.30. The molecule has 1 unspecified atom stereocenters. The Hall–Kier alpha value is -1.11. The van der Waals surface area contributed by atoms with Crippen LogP contribution in [0.2, 0.25) is 0 Å². The molecule has 6 heteroatoms. The van der Waals surface area contributed by atoms with Crippen LogP contribution in [0.25, 0.3) is 0 Å². The topological polar surface area (TPSA) is 58.6 Å². The highest BCUT2D eigenvalue weighted by molar-refractivity contribution is 7.89. The summed E-state index contributed by atoms with van der Waals surface area (Å²) in [5.74, 6) is 0.379. The molecule has 1 aromatic rings. The van der Waals surface area contributed by atoms with Gasteiger partial charge >= 0.3 is 0 Å². The Bertz CT molecular complexity index is 527. The van der Waals surface area contributed by atoms with E-state index in [9.17, 15) is 8.42 Å². The lowest BCUT2D eigenvalue weighted by Crippen LogP contribution is -2.30. The van der Waals surface area contributed by atoms with Crippen molar-refractivity contribution in [3.63, 3.8) is 0 Å². The van der Waals surface area contributed by atoms with Crippen molar-refractivity contribution in [3.05, 3.63) is 24.3 Å². The molecule has 0 spiro atoms. The van der Waals surface area contributed by atoms with Gasteiger partial charge in [0.2, 0.25) is 10.0 Å². The Labute approximate surface area is 122 Å². The van der Waals surface area contributed by atoms with E-state index in [0.717, 1.165) is 5.69 Å². The number of benzene rings is 1. The third-order valence-electron chi connectivity index (χ3n) is 3.12. The van der Waals surface area contributed by atoms with E-state index in [1.807, 2.05) is 6.07 Å². The first-order valence-electron chi connectivity index (χ1n) is 6.57. The number of hydrogen-bond acceptors (Lipinski definition) is 4. The molecule has 0 radical (unpaired) electrons. The summed E-state index contributed by atoms with van der Waals surface area (Å²) in [4.78, 5) is 0.285. The molecule has 0 bridgehead atoms. The lowest BCUT2D eigenvalue weighted by atomic mass is 10.1. The highest BCUT2D eigenvalue weighted by atomic mass is 32.2. The van der Waals surface area contributed by atoms with Gasteiger partial charge in [0.1, 0.15) is 0 Å². The number of nitrogens with zero attached hydrogens (tertiary/aromatic N) is 1. The van der Waals surface area contributed by atoms with E-state index in [1.165, 1.54) is 18.4 Å². The van der Waals surface area contributed by atoms with Crippen molar-refractivity contribution in [1.29, 1.82) is 0 Å². The van der Waals surface area contributed by atoms with E-state index in [0.29, 0.717) is 12.5 Å². The summed E-state index contributed by atoms with van der Waals surface area (Å²) in [6.45, 7) is 4.76. The predicted octanol–water partition coefficient (Wildman–Crippen LogP) is 2.02. The molecule has 20 heavy (non-hydrogen) atoms. The van der Waals surface area contributed by atoms with Gasteiger partial charge in [-0.05, 0) is 24.1 Å². The molecule has 0 heterocycles. The van der Waals surface area contributed by atoms with Gasteiger partial charge in [0, 0.05) is 26.9 Å². The number of rotatable bonds is 7. The Kier molecular flexibility index (Phi) is 5.98. The highest BCUT2D eigenvalue weighted by Crippen LogP contribution is 2.20. The van der Waals surface area contributed by atoms with E-state index in [1.54, 1.807) is 25.3 Å². The first-order chi connectivity index (χ1) is 9.28. The third-order valence-corrected chi connectivity index (χ3v) is 4.93. The van der Waals surface area contributed by atoms with Crippen LogP contribution in [0.5, 0.6) is 0 Å². The van der Waals surface area contributed by atoms with E-state index in [2.05, 4.69) is 19.2 Å². The number of methoxy groups -OCH3 is 1. The number of ether oxygens (including phenoxy) is 1. The van der Waals surface area contributed by atoms with Crippen LogP contribution in [-0.4, -0.2) is 46.6 Å². The molecule has 5 nitrogen and oxygen atoms in total. The summed E-state index contributed by atoms with van der Waals surface area (Å²) in [5.41, 5.74) is 0.781. The molecule has 114 valence electrons. The van der Waals surface area contributed by atoms with Crippen LogP contribution in [0.4, 0.5) is 5.69 Å². The smallest absolute Gasteiger partial charge is 0.242 e. The van der Waals surface area contributed by atoms with Crippen molar-refractivity contribution in [2.45, 2.75) is 24.8 Å². The first-order valence-corrected chi connectivity index (χ1v) is 8.01. The minimum Gasteiger partial charge on any atom is -0.383 e. The third kappa shape index (κ3) is 4.19. The molecule has 1 rings (SSSR count). The molecule has 1 aromatic carbocycles. The zero-order valence-electron chi connectivity index (χ0n) is 12.8. The zero-order chi connectivity index (χ0) is 15.3. The van der Waals surface area contributed by atoms with Gasteiger partial charge < -0.3 is 10.1 Å². The summed E-state index contributed by atoms with van der Waals surface area (Å²) < 4.78 is 30.6. The maximum absolute atomic E-state index is 12.1. The second-order valence-electron chi connectivity index (χ2n) is 5.27. The van der Waals surface area contributed by atoms with Crippen LogP contribution in [0, 0.1) is 5.92 Å². The van der Waals surface area contributed by atoms with E-state index in [-0.39, 0.29) is 10.9 Å². The number of anilines is 1. The van der Waals surface area contributed by atoms with E-state index < -0.39 is 10.0 Å². The monoisotopic (exact) mass is 300 g/mol. The number of hydrogen-bond donors (Lipinski definition) is 1. The van der Waals surface area contributed by atoms with Crippen LogP contribution in [-0.2, 0) is 14.8 Å². The number of nitrogens with one attached hydrogen (secondary N) is 1.